The van der Waals surface area contributed by atoms with Gasteiger partial charge in [-0.05, 0) is 73.9 Å². The molecule has 0 radical (unpaired) electrons. The van der Waals surface area contributed by atoms with E-state index in [4.69, 9.17) is 27.7 Å². The third-order valence-electron chi connectivity index (χ3n) is 10.1. The molecule has 2 aromatic rings. The first-order valence-electron chi connectivity index (χ1n) is 20.9. The molecule has 0 aromatic heterocycles. The number of hydrogen-bond donors (Lipinski definition) is 4. The predicted molar refractivity (Wildman–Crippen MR) is 214 cm³/mol. The van der Waals surface area contributed by atoms with Gasteiger partial charge in [-0.3, -0.25) is 0 Å². The molecule has 0 unspecified atom stereocenters. The van der Waals surface area contributed by atoms with Crippen molar-refractivity contribution in [3.05, 3.63) is 59.7 Å². The number of nitrogens with two attached hydrogens (primary N) is 4. The lowest BCUT2D eigenvalue weighted by molar-refractivity contribution is 0.482. The van der Waals surface area contributed by atoms with Crippen LogP contribution in [0.1, 0.15) is 191 Å². The topological polar surface area (TPSA) is 113 Å². The van der Waals surface area contributed by atoms with E-state index in [1.807, 2.05) is 0 Å². The molecule has 0 bridgehead atoms. The van der Waals surface area contributed by atoms with Crippen molar-refractivity contribution in [1.82, 2.24) is 0 Å². The number of hydrogen-bond acceptors (Lipinski definition) is 5. The van der Waals surface area contributed by atoms with Crippen molar-refractivity contribution < 1.29 is 4.74 Å². The van der Waals surface area contributed by atoms with E-state index in [2.05, 4.69) is 48.5 Å². The first kappa shape index (κ1) is 43.2. The second-order valence-electron chi connectivity index (χ2n) is 15.0. The molecule has 5 heteroatoms. The van der Waals surface area contributed by atoms with Crippen molar-refractivity contribution in [3.63, 3.8) is 0 Å². The number of aryl methyl sites for hydroxylation is 2. The van der Waals surface area contributed by atoms with Crippen LogP contribution in [0, 0.1) is 0 Å². The minimum Gasteiger partial charge on any atom is -0.457 e. The molecule has 0 aliphatic rings. The van der Waals surface area contributed by atoms with E-state index in [-0.39, 0.29) is 12.3 Å². The molecule has 0 atom stereocenters. The molecule has 280 valence electrons. The summed E-state index contributed by atoms with van der Waals surface area (Å²) < 4.78 is 6.14. The predicted octanol–water partition coefficient (Wildman–Crippen LogP) is 12.0. The zero-order valence-electron chi connectivity index (χ0n) is 31.7. The lowest BCUT2D eigenvalue weighted by Gasteiger charge is -2.08. The Morgan fingerprint density at radius 2 is 0.531 bits per heavy atom. The molecule has 8 N–H and O–H groups in total. The molecular weight excluding hydrogens is 601 g/mol. The maximum atomic E-state index is 6.14. The monoisotopic (exact) mass is 679 g/mol. The fourth-order valence-electron chi connectivity index (χ4n) is 6.89. The van der Waals surface area contributed by atoms with Crippen molar-refractivity contribution in [3.8, 4) is 11.5 Å². The lowest BCUT2D eigenvalue weighted by atomic mass is 10.0. The van der Waals surface area contributed by atoms with Gasteiger partial charge >= 0.3 is 0 Å². The molecule has 49 heavy (non-hydrogen) atoms. The molecule has 2 aromatic carbocycles. The van der Waals surface area contributed by atoms with Gasteiger partial charge < -0.3 is 27.7 Å². The number of benzene rings is 2. The second-order valence-corrected chi connectivity index (χ2v) is 15.0. The van der Waals surface area contributed by atoms with Crippen LogP contribution in [0.4, 0.5) is 0 Å². The van der Waals surface area contributed by atoms with Gasteiger partial charge in [0.05, 0.1) is 12.3 Å². The van der Waals surface area contributed by atoms with Crippen LogP contribution in [-0.4, -0.2) is 12.3 Å². The lowest BCUT2D eigenvalue weighted by Crippen LogP contribution is -2.29. The average molecular weight is 679 g/mol. The summed E-state index contributed by atoms with van der Waals surface area (Å²) in [6.07, 6.45) is 39.1. The highest BCUT2D eigenvalue weighted by molar-refractivity contribution is 5.34. The van der Waals surface area contributed by atoms with Gasteiger partial charge in [-0.2, -0.15) is 0 Å². The zero-order valence-corrected chi connectivity index (χ0v) is 31.7. The fourth-order valence-corrected chi connectivity index (χ4v) is 6.89. The summed E-state index contributed by atoms with van der Waals surface area (Å²) in [5.41, 5.74) is 25.2. The van der Waals surface area contributed by atoms with Gasteiger partial charge in [-0.15, -0.1) is 0 Å². The second kappa shape index (κ2) is 30.9. The van der Waals surface area contributed by atoms with E-state index in [0.29, 0.717) is 0 Å². The van der Waals surface area contributed by atoms with Gasteiger partial charge in [0.1, 0.15) is 11.5 Å². The molecule has 0 saturated carbocycles. The van der Waals surface area contributed by atoms with Gasteiger partial charge in [0.15, 0.2) is 0 Å². The Morgan fingerprint density at radius 3 is 0.776 bits per heavy atom. The summed E-state index contributed by atoms with van der Waals surface area (Å²) in [6, 6.07) is 17.5. The van der Waals surface area contributed by atoms with Crippen LogP contribution in [0.25, 0.3) is 0 Å². The molecule has 0 aliphatic heterocycles. The number of rotatable bonds is 34. The van der Waals surface area contributed by atoms with Crippen LogP contribution >= 0.6 is 0 Å². The quantitative estimate of drug-likeness (QED) is 0.0434. The smallest absolute Gasteiger partial charge is 0.127 e. The zero-order chi connectivity index (χ0) is 35.0. The van der Waals surface area contributed by atoms with E-state index in [1.54, 1.807) is 0 Å². The molecule has 0 amide bonds. The molecular formula is C44H78N4O. The van der Waals surface area contributed by atoms with Crippen molar-refractivity contribution >= 4 is 0 Å². The summed E-state index contributed by atoms with van der Waals surface area (Å²) in [6.45, 7) is 0. The Bertz CT molecular complexity index is 896. The van der Waals surface area contributed by atoms with Gasteiger partial charge in [0.2, 0.25) is 0 Å². The van der Waals surface area contributed by atoms with Crippen molar-refractivity contribution in [1.29, 1.82) is 0 Å². The molecule has 0 fully saturated rings. The van der Waals surface area contributed by atoms with Crippen LogP contribution in [0.2, 0.25) is 0 Å². The average Bonchev–Trinajstić information content (AvgIpc) is 3.09. The summed E-state index contributed by atoms with van der Waals surface area (Å²) in [4.78, 5) is 0. The third kappa shape index (κ3) is 26.5. The highest BCUT2D eigenvalue weighted by Gasteiger charge is 2.02. The highest BCUT2D eigenvalue weighted by Crippen LogP contribution is 2.24. The Kier molecular flexibility index (Phi) is 27.2. The molecule has 0 saturated heterocycles. The van der Waals surface area contributed by atoms with Gasteiger partial charge in [0.25, 0.3) is 0 Å². The first-order valence-corrected chi connectivity index (χ1v) is 20.9. The highest BCUT2D eigenvalue weighted by atomic mass is 16.5. The van der Waals surface area contributed by atoms with Gasteiger partial charge in [0, 0.05) is 0 Å². The van der Waals surface area contributed by atoms with Crippen LogP contribution in [-0.2, 0) is 12.8 Å². The van der Waals surface area contributed by atoms with Crippen LogP contribution in [0.5, 0.6) is 11.5 Å². The first-order chi connectivity index (χ1) is 24.0. The van der Waals surface area contributed by atoms with E-state index in [0.717, 1.165) is 24.3 Å². The van der Waals surface area contributed by atoms with E-state index in [9.17, 15) is 0 Å². The summed E-state index contributed by atoms with van der Waals surface area (Å²) >= 11 is 0. The Hall–Kier alpha value is -1.92. The Labute approximate surface area is 303 Å². The maximum absolute atomic E-state index is 6.14. The van der Waals surface area contributed by atoms with E-state index < -0.39 is 0 Å². The summed E-state index contributed by atoms with van der Waals surface area (Å²) in [5, 5.41) is 0. The minimum absolute atomic E-state index is 0.124. The normalized spacial score (nSPS) is 11.6. The molecule has 0 spiro atoms. The number of unbranched alkanes of at least 4 members (excludes halogenated alkanes) is 24. The van der Waals surface area contributed by atoms with Crippen LogP contribution < -0.4 is 27.7 Å². The molecule has 2 rings (SSSR count). The summed E-state index contributed by atoms with van der Waals surface area (Å²) in [7, 11) is 0. The third-order valence-corrected chi connectivity index (χ3v) is 10.1. The van der Waals surface area contributed by atoms with E-state index in [1.165, 1.54) is 191 Å². The molecule has 0 aliphatic carbocycles. The van der Waals surface area contributed by atoms with Crippen molar-refractivity contribution in [2.24, 2.45) is 22.9 Å². The Balaban J connectivity index is 1.38. The minimum atomic E-state index is -0.124. The molecule has 0 heterocycles. The SMILES string of the molecule is NC(N)CCCCCCCCCCCCCCCc1ccc(Oc2ccc(CCCCCCCCCCCCCCCC(N)N)cc2)cc1. The van der Waals surface area contributed by atoms with Crippen LogP contribution in [0.15, 0.2) is 48.5 Å². The summed E-state index contributed by atoms with van der Waals surface area (Å²) in [5.74, 6) is 1.86. The standard InChI is InChI=1S/C44H78N4O/c45-43(46)29-25-21-17-13-9-5-1-3-7-11-15-19-23-27-39-31-35-41(36-32-39)49-42-37-33-40(34-38-42)28-24-20-16-12-8-4-2-6-10-14-18-22-26-30-44(47)48/h31-38,43-44H,1-30,45-48H2. The van der Waals surface area contributed by atoms with Crippen molar-refractivity contribution in [2.45, 2.75) is 205 Å². The van der Waals surface area contributed by atoms with Crippen LogP contribution in [0.3, 0.4) is 0 Å². The molecule has 5 nitrogen and oxygen atoms in total. The van der Waals surface area contributed by atoms with Crippen molar-refractivity contribution in [2.75, 3.05) is 0 Å². The number of ether oxygens (including phenoxy) is 1. The maximum Gasteiger partial charge on any atom is 0.127 e. The van der Waals surface area contributed by atoms with Gasteiger partial charge in [-0.1, -0.05) is 178 Å². The van der Waals surface area contributed by atoms with Gasteiger partial charge in [-0.25, -0.2) is 0 Å². The fraction of sp³-hybridized carbons (Fsp3) is 0.727. The largest absolute Gasteiger partial charge is 0.457 e. The Morgan fingerprint density at radius 1 is 0.306 bits per heavy atom. The van der Waals surface area contributed by atoms with E-state index >= 15 is 0 Å².